The first kappa shape index (κ1) is 29.3. The summed E-state index contributed by atoms with van der Waals surface area (Å²) in [6.07, 6.45) is 0. The molecule has 3 aromatic carbocycles. The van der Waals surface area contributed by atoms with Crippen LogP contribution in [0.15, 0.2) is 60.7 Å². The van der Waals surface area contributed by atoms with Crippen LogP contribution in [0.25, 0.3) is 22.2 Å². The highest BCUT2D eigenvalue weighted by Crippen LogP contribution is 2.35. The van der Waals surface area contributed by atoms with E-state index in [1.165, 1.54) is 7.11 Å². The fourth-order valence-corrected chi connectivity index (χ4v) is 5.08. The standard InChI is InChI=1S/C33H33N5O5/c1-23-3-7-29-31(19-23)42-17-18-43-32-22-25(27-20-24-4-5-26(33(39)40-2)21-28(24)36-27)6-8-30(32)38(12-10-35)14-16-41-15-13-37(29)11-9-34/h3-8,19-22,36H,11-18H2,1-2H3. The summed E-state index contributed by atoms with van der Waals surface area (Å²) in [7, 11) is 1.36. The molecule has 0 spiro atoms. The lowest BCUT2D eigenvalue weighted by Crippen LogP contribution is -2.31. The number of nitrogens with one attached hydrogen (secondary N) is 1. The van der Waals surface area contributed by atoms with Crippen molar-refractivity contribution in [1.82, 2.24) is 4.98 Å². The van der Waals surface area contributed by atoms with Crippen LogP contribution in [-0.4, -0.2) is 70.7 Å². The molecule has 1 aromatic heterocycles. The number of anilines is 2. The quantitative estimate of drug-likeness (QED) is 0.260. The number of benzene rings is 3. The zero-order valence-electron chi connectivity index (χ0n) is 24.3. The van der Waals surface area contributed by atoms with Crippen molar-refractivity contribution >= 4 is 28.2 Å². The van der Waals surface area contributed by atoms with Crippen molar-refractivity contribution in [2.24, 2.45) is 0 Å². The molecule has 0 atom stereocenters. The number of hydrogen-bond acceptors (Lipinski definition) is 9. The van der Waals surface area contributed by atoms with Crippen LogP contribution in [0.4, 0.5) is 11.4 Å². The predicted octanol–water partition coefficient (Wildman–Crippen LogP) is 5.08. The lowest BCUT2D eigenvalue weighted by molar-refractivity contribution is 0.0601. The monoisotopic (exact) mass is 579 g/mol. The van der Waals surface area contributed by atoms with Gasteiger partial charge >= 0.3 is 5.97 Å². The molecule has 10 nitrogen and oxygen atoms in total. The van der Waals surface area contributed by atoms with Gasteiger partial charge in [-0.2, -0.15) is 10.5 Å². The molecular weight excluding hydrogens is 546 g/mol. The molecule has 0 amide bonds. The normalized spacial score (nSPS) is 14.1. The first-order chi connectivity index (χ1) is 21.0. The maximum atomic E-state index is 12.0. The number of nitriles is 2. The number of ether oxygens (including phenoxy) is 4. The number of aryl methyl sites for hydroxylation is 1. The number of carbonyl (C=O) groups is 1. The second-order valence-corrected chi connectivity index (χ2v) is 10.1. The second kappa shape index (κ2) is 13.6. The molecule has 1 aliphatic rings. The molecule has 43 heavy (non-hydrogen) atoms. The third-order valence-corrected chi connectivity index (χ3v) is 7.24. The molecular formula is C33H33N5O5. The maximum absolute atomic E-state index is 12.0. The number of aromatic amines is 1. The molecule has 0 unspecified atom stereocenters. The molecule has 10 heteroatoms. The van der Waals surface area contributed by atoms with Crippen molar-refractivity contribution in [1.29, 1.82) is 10.5 Å². The van der Waals surface area contributed by atoms with Crippen LogP contribution in [0, 0.1) is 29.6 Å². The van der Waals surface area contributed by atoms with Crippen molar-refractivity contribution in [3.8, 4) is 34.9 Å². The van der Waals surface area contributed by atoms with Gasteiger partial charge in [0.15, 0.2) is 0 Å². The zero-order valence-corrected chi connectivity index (χ0v) is 24.3. The molecule has 1 aliphatic heterocycles. The third-order valence-electron chi connectivity index (χ3n) is 7.24. The minimum Gasteiger partial charge on any atom is -0.488 e. The van der Waals surface area contributed by atoms with Crippen molar-refractivity contribution in [2.45, 2.75) is 6.92 Å². The smallest absolute Gasteiger partial charge is 0.337 e. The largest absolute Gasteiger partial charge is 0.488 e. The van der Waals surface area contributed by atoms with Gasteiger partial charge in [0.2, 0.25) is 0 Å². The molecule has 0 bridgehead atoms. The molecule has 4 aromatic rings. The van der Waals surface area contributed by atoms with E-state index >= 15 is 0 Å². The molecule has 0 fully saturated rings. The lowest BCUT2D eigenvalue weighted by Gasteiger charge is -2.25. The molecule has 0 radical (unpaired) electrons. The van der Waals surface area contributed by atoms with Gasteiger partial charge in [0.1, 0.15) is 37.8 Å². The van der Waals surface area contributed by atoms with Gasteiger partial charge in [-0.25, -0.2) is 4.79 Å². The van der Waals surface area contributed by atoms with Crippen LogP contribution in [0.3, 0.4) is 0 Å². The Balaban J connectivity index is 1.46. The number of methoxy groups -OCH3 is 1. The van der Waals surface area contributed by atoms with Crippen LogP contribution in [0.2, 0.25) is 0 Å². The summed E-state index contributed by atoms with van der Waals surface area (Å²) in [6.45, 7) is 4.70. The van der Waals surface area contributed by atoms with Gasteiger partial charge in [0.25, 0.3) is 0 Å². The Hall–Kier alpha value is -5.19. The second-order valence-electron chi connectivity index (χ2n) is 10.1. The molecule has 0 saturated carbocycles. The molecule has 5 rings (SSSR count). The predicted molar refractivity (Wildman–Crippen MR) is 164 cm³/mol. The number of fused-ring (bicyclic) bond motifs is 3. The Bertz CT molecular complexity index is 1690. The van der Waals surface area contributed by atoms with Crippen molar-refractivity contribution in [2.75, 3.05) is 69.5 Å². The summed E-state index contributed by atoms with van der Waals surface area (Å²) in [5.41, 5.74) is 5.66. The summed E-state index contributed by atoms with van der Waals surface area (Å²) in [6, 6.07) is 23.7. The molecule has 220 valence electrons. The summed E-state index contributed by atoms with van der Waals surface area (Å²) in [4.78, 5) is 19.3. The zero-order chi connectivity index (χ0) is 30.2. The van der Waals surface area contributed by atoms with Gasteiger partial charge in [-0.05, 0) is 55.0 Å². The van der Waals surface area contributed by atoms with E-state index in [4.69, 9.17) is 18.9 Å². The summed E-state index contributed by atoms with van der Waals surface area (Å²) in [5, 5.41) is 20.0. The van der Waals surface area contributed by atoms with Gasteiger partial charge in [0, 0.05) is 35.2 Å². The van der Waals surface area contributed by atoms with E-state index in [2.05, 4.69) is 17.1 Å². The van der Waals surface area contributed by atoms with Crippen molar-refractivity contribution < 1.29 is 23.7 Å². The van der Waals surface area contributed by atoms with Gasteiger partial charge in [0.05, 0.1) is 49.4 Å². The Morgan fingerprint density at radius 2 is 1.51 bits per heavy atom. The van der Waals surface area contributed by atoms with E-state index in [0.717, 1.165) is 39.1 Å². The highest BCUT2D eigenvalue weighted by Gasteiger charge is 2.18. The first-order valence-electron chi connectivity index (χ1n) is 14.0. The Morgan fingerprint density at radius 3 is 2.16 bits per heavy atom. The number of aromatic nitrogens is 1. The topological polar surface area (TPSA) is 124 Å². The number of nitrogens with zero attached hydrogens (tertiary/aromatic N) is 4. The van der Waals surface area contributed by atoms with Gasteiger partial charge in [-0.3, -0.25) is 0 Å². The highest BCUT2D eigenvalue weighted by molar-refractivity contribution is 5.96. The van der Waals surface area contributed by atoms with Crippen LogP contribution in [0.5, 0.6) is 11.5 Å². The van der Waals surface area contributed by atoms with Crippen LogP contribution in [0.1, 0.15) is 15.9 Å². The van der Waals surface area contributed by atoms with Crippen LogP contribution in [-0.2, 0) is 9.47 Å². The van der Waals surface area contributed by atoms with E-state index in [1.807, 2.05) is 65.3 Å². The number of H-pyrrole nitrogens is 1. The molecule has 0 saturated heterocycles. The third kappa shape index (κ3) is 6.83. The Labute approximate surface area is 250 Å². The van der Waals surface area contributed by atoms with Crippen molar-refractivity contribution in [3.63, 3.8) is 0 Å². The fourth-order valence-electron chi connectivity index (χ4n) is 5.08. The molecule has 2 heterocycles. The van der Waals surface area contributed by atoms with E-state index < -0.39 is 5.97 Å². The highest BCUT2D eigenvalue weighted by atomic mass is 16.5. The maximum Gasteiger partial charge on any atom is 0.337 e. The molecule has 0 aliphatic carbocycles. The van der Waals surface area contributed by atoms with Crippen LogP contribution >= 0.6 is 0 Å². The average molecular weight is 580 g/mol. The minimum atomic E-state index is -0.396. The Kier molecular flexibility index (Phi) is 9.30. The Morgan fingerprint density at radius 1 is 0.860 bits per heavy atom. The summed E-state index contributed by atoms with van der Waals surface area (Å²) >= 11 is 0. The first-order valence-corrected chi connectivity index (χ1v) is 14.0. The minimum absolute atomic E-state index is 0.156. The number of carbonyl (C=O) groups excluding carboxylic acids is 1. The number of esters is 1. The van der Waals surface area contributed by atoms with E-state index in [1.54, 1.807) is 12.1 Å². The van der Waals surface area contributed by atoms with Gasteiger partial charge < -0.3 is 33.7 Å². The average Bonchev–Trinajstić information content (AvgIpc) is 3.45. The lowest BCUT2D eigenvalue weighted by atomic mass is 10.1. The summed E-state index contributed by atoms with van der Waals surface area (Å²) in [5.74, 6) is 0.890. The summed E-state index contributed by atoms with van der Waals surface area (Å²) < 4.78 is 23.3. The van der Waals surface area contributed by atoms with E-state index in [0.29, 0.717) is 43.4 Å². The van der Waals surface area contributed by atoms with E-state index in [-0.39, 0.29) is 26.3 Å². The SMILES string of the molecule is COC(=O)c1ccc2cc(-c3ccc4c(c3)OCCOc3cc(C)ccc3N(CC#N)CCOCCN4CC#N)[nH]c2c1. The number of hydrogen-bond donors (Lipinski definition) is 1. The van der Waals surface area contributed by atoms with Gasteiger partial charge in [-0.15, -0.1) is 0 Å². The van der Waals surface area contributed by atoms with E-state index in [9.17, 15) is 15.3 Å². The van der Waals surface area contributed by atoms with Crippen molar-refractivity contribution in [3.05, 3.63) is 71.8 Å². The molecule has 1 N–H and O–H groups in total. The fraction of sp³-hybridized carbons (Fsp3) is 0.303. The number of rotatable bonds is 4. The van der Waals surface area contributed by atoms with Crippen LogP contribution < -0.4 is 19.3 Å². The van der Waals surface area contributed by atoms with Gasteiger partial charge in [-0.1, -0.05) is 18.2 Å².